The number of carbonyl (C=O) groups is 1. The molecule has 0 rings (SSSR count). The number of esters is 1. The van der Waals surface area contributed by atoms with Crippen LogP contribution in [0, 0.1) is 5.92 Å². The summed E-state index contributed by atoms with van der Waals surface area (Å²) < 4.78 is 4.97. The predicted octanol–water partition coefficient (Wildman–Crippen LogP) is 2.09. The van der Waals surface area contributed by atoms with Gasteiger partial charge in [-0.2, -0.15) is 0 Å². The van der Waals surface area contributed by atoms with Gasteiger partial charge in [0.15, 0.2) is 0 Å². The van der Waals surface area contributed by atoms with Crippen molar-refractivity contribution in [3.63, 3.8) is 0 Å². The summed E-state index contributed by atoms with van der Waals surface area (Å²) in [6.07, 6.45) is 2.31. The first-order valence-corrected chi connectivity index (χ1v) is 5.42. The maximum absolute atomic E-state index is 11.6. The van der Waals surface area contributed by atoms with Crippen LogP contribution in [0.2, 0.25) is 0 Å². The average molecular weight is 201 g/mol. The molecule has 0 aliphatic rings. The second-order valence-corrected chi connectivity index (χ2v) is 4.16. The maximum atomic E-state index is 11.6. The lowest BCUT2D eigenvalue weighted by molar-refractivity contribution is -0.150. The summed E-state index contributed by atoms with van der Waals surface area (Å²) >= 11 is 0. The van der Waals surface area contributed by atoms with Gasteiger partial charge in [-0.3, -0.25) is 4.79 Å². The molecule has 0 heterocycles. The Balaban J connectivity index is 4.23. The predicted molar refractivity (Wildman–Crippen MR) is 57.9 cm³/mol. The summed E-state index contributed by atoms with van der Waals surface area (Å²) in [7, 11) is 0. The minimum Gasteiger partial charge on any atom is -0.465 e. The highest BCUT2D eigenvalue weighted by Gasteiger charge is 2.33. The number of nitrogens with two attached hydrogens (primary N) is 1. The van der Waals surface area contributed by atoms with E-state index in [1.165, 1.54) is 0 Å². The first kappa shape index (κ1) is 13.4. The Kier molecular flexibility index (Phi) is 5.77. The van der Waals surface area contributed by atoms with Gasteiger partial charge in [-0.25, -0.2) is 0 Å². The molecule has 1 atom stereocenters. The van der Waals surface area contributed by atoms with Gasteiger partial charge in [-0.1, -0.05) is 20.8 Å². The molecule has 0 saturated heterocycles. The molecule has 3 heteroatoms. The fourth-order valence-corrected chi connectivity index (χ4v) is 1.24. The van der Waals surface area contributed by atoms with E-state index in [2.05, 4.69) is 13.8 Å². The summed E-state index contributed by atoms with van der Waals surface area (Å²) in [5, 5.41) is 0. The molecule has 0 fully saturated rings. The SMILES string of the molecule is CCOC(=O)C(N)(CC)CCC(C)C. The van der Waals surface area contributed by atoms with Gasteiger partial charge in [-0.15, -0.1) is 0 Å². The van der Waals surface area contributed by atoms with Crippen LogP contribution in [0.3, 0.4) is 0 Å². The molecule has 0 aromatic rings. The van der Waals surface area contributed by atoms with Crippen molar-refractivity contribution in [2.24, 2.45) is 11.7 Å². The second kappa shape index (κ2) is 6.02. The Morgan fingerprint density at radius 1 is 1.43 bits per heavy atom. The average Bonchev–Trinajstić information content (AvgIpc) is 2.14. The molecule has 0 aliphatic heterocycles. The number of carbonyl (C=O) groups excluding carboxylic acids is 1. The highest BCUT2D eigenvalue weighted by atomic mass is 16.5. The summed E-state index contributed by atoms with van der Waals surface area (Å²) in [6.45, 7) is 8.38. The van der Waals surface area contributed by atoms with E-state index in [4.69, 9.17) is 10.5 Å². The van der Waals surface area contributed by atoms with Gasteiger partial charge < -0.3 is 10.5 Å². The highest BCUT2D eigenvalue weighted by Crippen LogP contribution is 2.19. The van der Waals surface area contributed by atoms with Crippen molar-refractivity contribution >= 4 is 5.97 Å². The lowest BCUT2D eigenvalue weighted by Gasteiger charge is -2.26. The van der Waals surface area contributed by atoms with Gasteiger partial charge in [-0.05, 0) is 32.1 Å². The summed E-state index contributed by atoms with van der Waals surface area (Å²) in [5.74, 6) is 0.307. The van der Waals surface area contributed by atoms with Crippen LogP contribution in [0.4, 0.5) is 0 Å². The Morgan fingerprint density at radius 3 is 2.36 bits per heavy atom. The molecule has 0 aliphatic carbocycles. The van der Waals surface area contributed by atoms with Crippen molar-refractivity contribution in [3.8, 4) is 0 Å². The van der Waals surface area contributed by atoms with E-state index in [1.807, 2.05) is 6.92 Å². The van der Waals surface area contributed by atoms with Crippen LogP contribution in [0.1, 0.15) is 47.0 Å². The topological polar surface area (TPSA) is 52.3 Å². The second-order valence-electron chi connectivity index (χ2n) is 4.16. The molecule has 0 aromatic carbocycles. The molecule has 1 unspecified atom stereocenters. The Morgan fingerprint density at radius 2 is 2.00 bits per heavy atom. The van der Waals surface area contributed by atoms with Crippen molar-refractivity contribution in [1.82, 2.24) is 0 Å². The Hall–Kier alpha value is -0.570. The zero-order chi connectivity index (χ0) is 11.2. The number of ether oxygens (including phenoxy) is 1. The van der Waals surface area contributed by atoms with Gasteiger partial charge in [0.2, 0.25) is 0 Å². The van der Waals surface area contributed by atoms with Crippen molar-refractivity contribution in [1.29, 1.82) is 0 Å². The van der Waals surface area contributed by atoms with Gasteiger partial charge in [0, 0.05) is 0 Å². The van der Waals surface area contributed by atoms with Crippen LogP contribution < -0.4 is 5.73 Å². The van der Waals surface area contributed by atoms with E-state index < -0.39 is 5.54 Å². The Bertz CT molecular complexity index is 180. The van der Waals surface area contributed by atoms with Crippen molar-refractivity contribution in [3.05, 3.63) is 0 Å². The number of rotatable bonds is 6. The zero-order valence-corrected chi connectivity index (χ0v) is 9.80. The molecular weight excluding hydrogens is 178 g/mol. The molecule has 0 spiro atoms. The number of hydrogen-bond donors (Lipinski definition) is 1. The summed E-state index contributed by atoms with van der Waals surface area (Å²) in [5.41, 5.74) is 5.22. The Labute approximate surface area is 87.0 Å². The molecule has 3 nitrogen and oxygen atoms in total. The van der Waals surface area contributed by atoms with Crippen LogP contribution >= 0.6 is 0 Å². The fraction of sp³-hybridized carbons (Fsp3) is 0.909. The van der Waals surface area contributed by atoms with Crippen molar-refractivity contribution in [2.45, 2.75) is 52.5 Å². The van der Waals surface area contributed by atoms with Crippen molar-refractivity contribution < 1.29 is 9.53 Å². The first-order chi connectivity index (χ1) is 6.46. The molecule has 0 amide bonds. The summed E-state index contributed by atoms with van der Waals surface area (Å²) in [4.78, 5) is 11.6. The lowest BCUT2D eigenvalue weighted by atomic mass is 9.89. The lowest BCUT2D eigenvalue weighted by Crippen LogP contribution is -2.48. The molecule has 84 valence electrons. The van der Waals surface area contributed by atoms with Crippen molar-refractivity contribution in [2.75, 3.05) is 6.61 Å². The standard InChI is InChI=1S/C11H23NO2/c1-5-11(12,8-7-9(3)4)10(13)14-6-2/h9H,5-8,12H2,1-4H3. The van der Waals surface area contributed by atoms with Crippen LogP contribution in [-0.2, 0) is 9.53 Å². The van der Waals surface area contributed by atoms with Crippen LogP contribution in [0.25, 0.3) is 0 Å². The van der Waals surface area contributed by atoms with Gasteiger partial charge in [0.1, 0.15) is 5.54 Å². The maximum Gasteiger partial charge on any atom is 0.326 e. The molecule has 0 bridgehead atoms. The third-order valence-electron chi connectivity index (χ3n) is 2.48. The van der Waals surface area contributed by atoms with E-state index in [-0.39, 0.29) is 5.97 Å². The zero-order valence-electron chi connectivity index (χ0n) is 9.80. The van der Waals surface area contributed by atoms with E-state index in [0.29, 0.717) is 25.4 Å². The smallest absolute Gasteiger partial charge is 0.326 e. The highest BCUT2D eigenvalue weighted by molar-refractivity contribution is 5.80. The fourth-order valence-electron chi connectivity index (χ4n) is 1.24. The molecular formula is C11H23NO2. The third-order valence-corrected chi connectivity index (χ3v) is 2.48. The van der Waals surface area contributed by atoms with E-state index in [1.54, 1.807) is 6.92 Å². The monoisotopic (exact) mass is 201 g/mol. The summed E-state index contributed by atoms with van der Waals surface area (Å²) in [6, 6.07) is 0. The number of hydrogen-bond acceptors (Lipinski definition) is 3. The minimum absolute atomic E-state index is 0.261. The molecule has 0 radical (unpaired) electrons. The first-order valence-electron chi connectivity index (χ1n) is 5.42. The van der Waals surface area contributed by atoms with Crippen LogP contribution in [-0.4, -0.2) is 18.1 Å². The van der Waals surface area contributed by atoms with Gasteiger partial charge in [0.25, 0.3) is 0 Å². The molecule has 0 aromatic heterocycles. The van der Waals surface area contributed by atoms with Crippen LogP contribution in [0.15, 0.2) is 0 Å². The third kappa shape index (κ3) is 4.09. The van der Waals surface area contributed by atoms with E-state index >= 15 is 0 Å². The minimum atomic E-state index is -0.777. The van der Waals surface area contributed by atoms with Gasteiger partial charge in [0.05, 0.1) is 6.61 Å². The molecule has 2 N–H and O–H groups in total. The molecule has 14 heavy (non-hydrogen) atoms. The normalized spacial score (nSPS) is 15.3. The van der Waals surface area contributed by atoms with E-state index in [9.17, 15) is 4.79 Å². The van der Waals surface area contributed by atoms with Crippen LogP contribution in [0.5, 0.6) is 0 Å². The van der Waals surface area contributed by atoms with Gasteiger partial charge >= 0.3 is 5.97 Å². The van der Waals surface area contributed by atoms with E-state index in [0.717, 1.165) is 6.42 Å². The largest absolute Gasteiger partial charge is 0.465 e. The quantitative estimate of drug-likeness (QED) is 0.669. The molecule has 0 saturated carbocycles.